The van der Waals surface area contributed by atoms with Gasteiger partial charge in [0.2, 0.25) is 5.89 Å². The predicted octanol–water partition coefficient (Wildman–Crippen LogP) is 2.09. The normalized spacial score (nSPS) is 13.7. The van der Waals surface area contributed by atoms with Gasteiger partial charge in [-0.1, -0.05) is 24.6 Å². The number of pyridine rings is 1. The molecule has 0 aliphatic rings. The number of halogens is 2. The van der Waals surface area contributed by atoms with E-state index in [0.717, 1.165) is 17.7 Å². The number of nitrogens with zero attached hydrogens (tertiary/aromatic N) is 2. The van der Waals surface area contributed by atoms with Gasteiger partial charge in [-0.3, -0.25) is 4.79 Å². The fraction of sp³-hybridized carbons (Fsp3) is 0.263. The zero-order valence-electron chi connectivity index (χ0n) is 17.1. The van der Waals surface area contributed by atoms with E-state index in [-0.39, 0.29) is 16.5 Å². The third-order valence-electron chi connectivity index (χ3n) is 5.02. The summed E-state index contributed by atoms with van der Waals surface area (Å²) in [6.07, 6.45) is 0. The first kappa shape index (κ1) is 23.6. The summed E-state index contributed by atoms with van der Waals surface area (Å²) in [5.74, 6) is -3.68. The molecular weight excluding hydrogens is 465 g/mol. The van der Waals surface area contributed by atoms with Crippen LogP contribution >= 0.6 is 11.6 Å². The molecule has 2 heterocycles. The number of rotatable bonds is 7. The Kier molecular flexibility index (Phi) is 6.49. The van der Waals surface area contributed by atoms with Crippen LogP contribution in [0.25, 0.3) is 0 Å². The van der Waals surface area contributed by atoms with E-state index in [9.17, 15) is 22.4 Å². The molecule has 170 valence electrons. The van der Waals surface area contributed by atoms with E-state index in [4.69, 9.17) is 21.8 Å². The van der Waals surface area contributed by atoms with Crippen LogP contribution in [0.2, 0.25) is 5.02 Å². The first-order chi connectivity index (χ1) is 14.9. The van der Waals surface area contributed by atoms with Crippen molar-refractivity contribution in [2.75, 3.05) is 0 Å². The summed E-state index contributed by atoms with van der Waals surface area (Å²) in [6, 6.07) is 3.78. The van der Waals surface area contributed by atoms with Crippen molar-refractivity contribution in [1.29, 1.82) is 0 Å². The molecule has 0 unspecified atom stereocenters. The maximum absolute atomic E-state index is 14.7. The Hall–Kier alpha value is -3.09. The van der Waals surface area contributed by atoms with Crippen LogP contribution in [0.5, 0.6) is 0 Å². The van der Waals surface area contributed by atoms with Crippen molar-refractivity contribution in [1.82, 2.24) is 19.9 Å². The highest BCUT2D eigenvalue weighted by molar-refractivity contribution is 7.89. The van der Waals surface area contributed by atoms with Gasteiger partial charge >= 0.3 is 5.76 Å². The van der Waals surface area contributed by atoms with Crippen molar-refractivity contribution in [3.05, 3.63) is 73.9 Å². The van der Waals surface area contributed by atoms with Gasteiger partial charge < -0.3 is 10.2 Å². The molecule has 0 saturated heterocycles. The van der Waals surface area contributed by atoms with E-state index in [0.29, 0.717) is 5.56 Å². The molecule has 10 nitrogen and oxygen atoms in total. The quantitative estimate of drug-likeness (QED) is 0.463. The Morgan fingerprint density at radius 2 is 1.97 bits per heavy atom. The number of nitrogens with one attached hydrogen (secondary N) is 2. The minimum absolute atomic E-state index is 0.128. The number of primary amides is 1. The third kappa shape index (κ3) is 4.56. The molecule has 2 atom stereocenters. The van der Waals surface area contributed by atoms with Crippen LogP contribution in [0.3, 0.4) is 0 Å². The molecule has 4 N–H and O–H groups in total. The lowest BCUT2D eigenvalue weighted by Gasteiger charge is -2.24. The van der Waals surface area contributed by atoms with Gasteiger partial charge in [-0.2, -0.15) is 4.72 Å². The zero-order valence-corrected chi connectivity index (χ0v) is 18.7. The number of carbonyl (C=O) groups is 1. The number of benzene rings is 1. The largest absolute Gasteiger partial charge is 0.434 e. The van der Waals surface area contributed by atoms with Crippen LogP contribution in [0.15, 0.2) is 38.5 Å². The van der Waals surface area contributed by atoms with E-state index < -0.39 is 50.2 Å². The number of aromatic nitrogens is 3. The molecule has 0 fully saturated rings. The number of aromatic amines is 1. The van der Waals surface area contributed by atoms with Gasteiger partial charge in [-0.25, -0.2) is 27.7 Å². The van der Waals surface area contributed by atoms with Crippen molar-refractivity contribution in [3.8, 4) is 0 Å². The third-order valence-corrected chi connectivity index (χ3v) is 6.67. The Balaban J connectivity index is 2.11. The smallest absolute Gasteiger partial charge is 0.391 e. The van der Waals surface area contributed by atoms with Crippen molar-refractivity contribution in [2.45, 2.75) is 37.8 Å². The number of H-pyrrole nitrogens is 1. The maximum atomic E-state index is 14.7. The maximum Gasteiger partial charge on any atom is 0.434 e. The lowest BCUT2D eigenvalue weighted by molar-refractivity contribution is 0.0995. The van der Waals surface area contributed by atoms with E-state index in [2.05, 4.69) is 19.9 Å². The number of amides is 1. The summed E-state index contributed by atoms with van der Waals surface area (Å²) < 4.78 is 48.2. The molecule has 0 spiro atoms. The molecule has 3 rings (SSSR count). The molecule has 3 aromatic rings. The summed E-state index contributed by atoms with van der Waals surface area (Å²) in [6.45, 7) is 5.02. The highest BCUT2D eigenvalue weighted by Gasteiger charge is 2.34. The summed E-state index contributed by atoms with van der Waals surface area (Å²) in [5.41, 5.74) is 6.34. The van der Waals surface area contributed by atoms with Crippen molar-refractivity contribution in [3.63, 3.8) is 0 Å². The number of nitrogens with two attached hydrogens (primary N) is 1. The van der Waals surface area contributed by atoms with Gasteiger partial charge in [0.25, 0.3) is 15.9 Å². The fourth-order valence-electron chi connectivity index (χ4n) is 3.25. The lowest BCUT2D eigenvalue weighted by Crippen LogP contribution is -2.33. The molecule has 1 amide bonds. The molecule has 0 aliphatic heterocycles. The van der Waals surface area contributed by atoms with Crippen molar-refractivity contribution >= 4 is 27.5 Å². The number of carbonyl (C=O) groups excluding carboxylic acids is 1. The van der Waals surface area contributed by atoms with Gasteiger partial charge in [0, 0.05) is 5.92 Å². The molecule has 0 bridgehead atoms. The predicted molar refractivity (Wildman–Crippen MR) is 112 cm³/mol. The van der Waals surface area contributed by atoms with Gasteiger partial charge in [0.05, 0.1) is 5.02 Å². The van der Waals surface area contributed by atoms with E-state index in [1.54, 1.807) is 26.8 Å². The van der Waals surface area contributed by atoms with Crippen LogP contribution in [0.4, 0.5) is 4.39 Å². The Morgan fingerprint density at radius 1 is 1.28 bits per heavy atom. The molecule has 0 saturated carbocycles. The second kappa shape index (κ2) is 8.81. The first-order valence-corrected chi connectivity index (χ1v) is 11.1. The second-order valence-corrected chi connectivity index (χ2v) is 9.15. The number of sulfonamides is 1. The molecular formula is C19H19ClFN5O5S. The number of hydrogen-bond donors (Lipinski definition) is 3. The summed E-state index contributed by atoms with van der Waals surface area (Å²) in [4.78, 5) is 26.7. The average Bonchev–Trinajstić information content (AvgIpc) is 3.15. The topological polar surface area (TPSA) is 161 Å². The van der Waals surface area contributed by atoms with Crippen molar-refractivity contribution < 1.29 is 22.0 Å². The first-order valence-electron chi connectivity index (χ1n) is 9.22. The standard InChI is InChI=1S/C19H19ClFN5O5S/c1-8-4-6-12(21)14(9(8)2)10(3)15(18-24-25-19(28)31-18)26-32(29,30)13-7-5-11(20)16(23-13)17(22)27/h4-7,10,15,26H,1-3H3,(H2,22,27)(H,25,28)/t10-,15+/m1/s1. The Morgan fingerprint density at radius 3 is 2.56 bits per heavy atom. The minimum Gasteiger partial charge on any atom is -0.391 e. The number of aryl methyl sites for hydroxylation is 1. The van der Waals surface area contributed by atoms with Crippen LogP contribution in [-0.4, -0.2) is 29.5 Å². The molecule has 0 radical (unpaired) electrons. The molecule has 32 heavy (non-hydrogen) atoms. The molecule has 0 aliphatic carbocycles. The molecule has 2 aromatic heterocycles. The molecule has 13 heteroatoms. The summed E-state index contributed by atoms with van der Waals surface area (Å²) in [5, 5.41) is 5.08. The SMILES string of the molecule is Cc1ccc(F)c([C@@H](C)[C@H](NS(=O)(=O)c2ccc(Cl)c(C(N)=O)n2)c2n[nH]c(=O)o2)c1C. The Labute approximate surface area is 187 Å². The van der Waals surface area contributed by atoms with Crippen LogP contribution in [0.1, 0.15) is 52.0 Å². The van der Waals surface area contributed by atoms with Crippen LogP contribution in [-0.2, 0) is 10.0 Å². The zero-order chi connectivity index (χ0) is 23.8. The van der Waals surface area contributed by atoms with E-state index in [1.165, 1.54) is 6.07 Å². The van der Waals surface area contributed by atoms with Gasteiger partial charge in [0.1, 0.15) is 17.6 Å². The van der Waals surface area contributed by atoms with E-state index in [1.807, 2.05) is 0 Å². The summed E-state index contributed by atoms with van der Waals surface area (Å²) in [7, 11) is -4.43. The van der Waals surface area contributed by atoms with Crippen molar-refractivity contribution in [2.24, 2.45) is 5.73 Å². The summed E-state index contributed by atoms with van der Waals surface area (Å²) >= 11 is 5.84. The molecule has 1 aromatic carbocycles. The van der Waals surface area contributed by atoms with Gasteiger partial charge in [-0.15, -0.1) is 5.10 Å². The van der Waals surface area contributed by atoms with Gasteiger partial charge in [-0.05, 0) is 48.7 Å². The van der Waals surface area contributed by atoms with Crippen LogP contribution in [0, 0.1) is 19.7 Å². The highest BCUT2D eigenvalue weighted by Crippen LogP contribution is 2.35. The second-order valence-electron chi connectivity index (χ2n) is 7.09. The van der Waals surface area contributed by atoms with Crippen LogP contribution < -0.4 is 16.2 Å². The Bertz CT molecular complexity index is 1350. The highest BCUT2D eigenvalue weighted by atomic mass is 35.5. The average molecular weight is 484 g/mol. The number of hydrogen-bond acceptors (Lipinski definition) is 7. The van der Waals surface area contributed by atoms with Gasteiger partial charge in [0.15, 0.2) is 5.03 Å². The fourth-order valence-corrected chi connectivity index (χ4v) is 4.66. The monoisotopic (exact) mass is 483 g/mol. The minimum atomic E-state index is -4.43. The van der Waals surface area contributed by atoms with E-state index >= 15 is 0 Å². The lowest BCUT2D eigenvalue weighted by atomic mass is 9.88.